The number of hydrogen-bond donors (Lipinski definition) is 3. The number of methoxy groups -OCH3 is 1. The van der Waals surface area contributed by atoms with Crippen molar-refractivity contribution in [3.8, 4) is 5.75 Å². The topological polar surface area (TPSA) is 114 Å². The minimum Gasteiger partial charge on any atom is -0.495 e. The molecule has 2 amide bonds. The first-order valence-corrected chi connectivity index (χ1v) is 12.6. The number of thiophene rings is 1. The molecule has 0 aliphatic rings. The maximum absolute atomic E-state index is 13.0. The summed E-state index contributed by atoms with van der Waals surface area (Å²) in [6, 6.07) is 13.1. The van der Waals surface area contributed by atoms with E-state index in [4.69, 9.17) is 4.74 Å². The van der Waals surface area contributed by atoms with Crippen molar-refractivity contribution in [3.63, 3.8) is 0 Å². The maximum atomic E-state index is 13.0. The van der Waals surface area contributed by atoms with Crippen molar-refractivity contribution in [2.24, 2.45) is 0 Å². The summed E-state index contributed by atoms with van der Waals surface area (Å²) in [5.74, 6) is -0.0495. The van der Waals surface area contributed by atoms with Crippen LogP contribution in [-0.2, 0) is 14.8 Å². The molecule has 0 bridgehead atoms. The molecule has 0 atom stereocenters. The van der Waals surface area contributed by atoms with Gasteiger partial charge in [0.2, 0.25) is 5.91 Å². The molecule has 1 aromatic heterocycles. The number of hydrogen-bond acceptors (Lipinski definition) is 6. The van der Waals surface area contributed by atoms with Crippen molar-refractivity contribution in [2.45, 2.75) is 24.7 Å². The zero-order chi connectivity index (χ0) is 23.8. The normalized spacial score (nSPS) is 11.0. The number of carbonyl (C=O) groups excluding carboxylic acids is 2. The fourth-order valence-electron chi connectivity index (χ4n) is 3.07. The predicted octanol–water partition coefficient (Wildman–Crippen LogP) is 4.01. The van der Waals surface area contributed by atoms with Gasteiger partial charge in [-0.25, -0.2) is 8.42 Å². The van der Waals surface area contributed by atoms with E-state index in [0.717, 1.165) is 0 Å². The number of anilines is 2. The van der Waals surface area contributed by atoms with Crippen LogP contribution in [0, 0.1) is 6.92 Å². The quantitative estimate of drug-likeness (QED) is 0.374. The van der Waals surface area contributed by atoms with Gasteiger partial charge in [0.05, 0.1) is 17.7 Å². The molecule has 0 fully saturated rings. The number of para-hydroxylation sites is 2. The number of benzene rings is 2. The standard InChI is InChI=1S/C23H25N3O5S2/c1-16-9-10-18(25-22(27)8-5-12-24-23(28)17-11-13-32-15-17)14-21(16)33(29,30)26-19-6-3-4-7-20(19)31-2/h3-4,6-7,9-11,13-15,26H,5,8,12H2,1-2H3,(H,24,28)(H,25,27). The van der Waals surface area contributed by atoms with E-state index in [0.29, 0.717) is 41.2 Å². The van der Waals surface area contributed by atoms with Crippen molar-refractivity contribution in [1.29, 1.82) is 0 Å². The van der Waals surface area contributed by atoms with Crippen molar-refractivity contribution in [1.82, 2.24) is 5.32 Å². The molecular formula is C23H25N3O5S2. The zero-order valence-corrected chi connectivity index (χ0v) is 19.9. The Morgan fingerprint density at radius 1 is 1.09 bits per heavy atom. The average molecular weight is 488 g/mol. The molecule has 0 radical (unpaired) electrons. The molecule has 2 aromatic carbocycles. The van der Waals surface area contributed by atoms with Crippen LogP contribution in [0.3, 0.4) is 0 Å². The minimum atomic E-state index is -3.91. The Kier molecular flexibility index (Phi) is 8.07. The minimum absolute atomic E-state index is 0.0502. The second-order valence-electron chi connectivity index (χ2n) is 7.21. The van der Waals surface area contributed by atoms with Gasteiger partial charge in [0, 0.05) is 29.6 Å². The molecule has 3 rings (SSSR count). The molecule has 0 unspecified atom stereocenters. The van der Waals surface area contributed by atoms with Crippen LogP contribution in [-0.4, -0.2) is 33.9 Å². The van der Waals surface area contributed by atoms with E-state index in [-0.39, 0.29) is 23.1 Å². The summed E-state index contributed by atoms with van der Waals surface area (Å²) in [7, 11) is -2.45. The van der Waals surface area contributed by atoms with Crippen molar-refractivity contribution >= 4 is 44.5 Å². The van der Waals surface area contributed by atoms with Crippen LogP contribution < -0.4 is 20.1 Å². The van der Waals surface area contributed by atoms with E-state index in [1.54, 1.807) is 54.8 Å². The van der Waals surface area contributed by atoms with Gasteiger partial charge in [0.15, 0.2) is 0 Å². The van der Waals surface area contributed by atoms with Gasteiger partial charge in [-0.05, 0) is 54.6 Å². The first kappa shape index (κ1) is 24.3. The van der Waals surface area contributed by atoms with E-state index in [1.165, 1.54) is 24.5 Å². The van der Waals surface area contributed by atoms with Crippen LogP contribution in [0.2, 0.25) is 0 Å². The maximum Gasteiger partial charge on any atom is 0.262 e. The first-order chi connectivity index (χ1) is 15.8. The monoisotopic (exact) mass is 487 g/mol. The van der Waals surface area contributed by atoms with E-state index in [1.807, 2.05) is 5.38 Å². The van der Waals surface area contributed by atoms with E-state index >= 15 is 0 Å². The smallest absolute Gasteiger partial charge is 0.262 e. The molecule has 3 aromatic rings. The van der Waals surface area contributed by atoms with Gasteiger partial charge in [-0.15, -0.1) is 0 Å². The van der Waals surface area contributed by atoms with E-state index in [9.17, 15) is 18.0 Å². The van der Waals surface area contributed by atoms with Crippen molar-refractivity contribution in [3.05, 3.63) is 70.4 Å². The molecule has 0 aliphatic carbocycles. The summed E-state index contributed by atoms with van der Waals surface area (Å²) >= 11 is 1.44. The summed E-state index contributed by atoms with van der Waals surface area (Å²) in [5, 5.41) is 9.06. The highest BCUT2D eigenvalue weighted by Gasteiger charge is 2.20. The Hall–Kier alpha value is -3.37. The number of ether oxygens (including phenoxy) is 1. The number of carbonyl (C=O) groups is 2. The molecule has 33 heavy (non-hydrogen) atoms. The summed E-state index contributed by atoms with van der Waals surface area (Å²) in [6.07, 6.45) is 0.632. The lowest BCUT2D eigenvalue weighted by Crippen LogP contribution is -2.25. The van der Waals surface area contributed by atoms with Gasteiger partial charge < -0.3 is 15.4 Å². The summed E-state index contributed by atoms with van der Waals surface area (Å²) < 4.78 is 33.7. The zero-order valence-electron chi connectivity index (χ0n) is 18.3. The first-order valence-electron chi connectivity index (χ1n) is 10.2. The molecule has 3 N–H and O–H groups in total. The van der Waals surface area contributed by atoms with Crippen LogP contribution in [0.1, 0.15) is 28.8 Å². The number of nitrogens with one attached hydrogen (secondary N) is 3. The van der Waals surface area contributed by atoms with Crippen LogP contribution in [0.4, 0.5) is 11.4 Å². The van der Waals surface area contributed by atoms with Crippen molar-refractivity contribution < 1.29 is 22.7 Å². The molecule has 8 nitrogen and oxygen atoms in total. The van der Waals surface area contributed by atoms with Crippen LogP contribution >= 0.6 is 11.3 Å². The van der Waals surface area contributed by atoms with Crippen LogP contribution in [0.15, 0.2) is 64.2 Å². The molecule has 10 heteroatoms. The Morgan fingerprint density at radius 3 is 2.61 bits per heavy atom. The second kappa shape index (κ2) is 11.0. The lowest BCUT2D eigenvalue weighted by Gasteiger charge is -2.14. The number of amides is 2. The summed E-state index contributed by atoms with van der Waals surface area (Å²) in [6.45, 7) is 2.04. The number of sulfonamides is 1. The Bertz CT molecular complexity index is 1220. The van der Waals surface area contributed by atoms with E-state index < -0.39 is 10.0 Å². The largest absolute Gasteiger partial charge is 0.495 e. The summed E-state index contributed by atoms with van der Waals surface area (Å²) in [4.78, 5) is 24.3. The van der Waals surface area contributed by atoms with E-state index in [2.05, 4.69) is 15.4 Å². The molecular weight excluding hydrogens is 462 g/mol. The highest BCUT2D eigenvalue weighted by molar-refractivity contribution is 7.92. The average Bonchev–Trinajstić information content (AvgIpc) is 3.33. The van der Waals surface area contributed by atoms with Gasteiger partial charge in [0.1, 0.15) is 5.75 Å². The second-order valence-corrected chi connectivity index (χ2v) is 9.64. The molecule has 1 heterocycles. The van der Waals surface area contributed by atoms with Crippen molar-refractivity contribution in [2.75, 3.05) is 23.7 Å². The van der Waals surface area contributed by atoms with Gasteiger partial charge in [0.25, 0.3) is 15.9 Å². The Balaban J connectivity index is 1.60. The molecule has 174 valence electrons. The fraction of sp³-hybridized carbons (Fsp3) is 0.217. The third-order valence-electron chi connectivity index (χ3n) is 4.76. The summed E-state index contributed by atoms with van der Waals surface area (Å²) in [5.41, 5.74) is 1.82. The fourth-order valence-corrected chi connectivity index (χ4v) is 5.04. The van der Waals surface area contributed by atoms with Gasteiger partial charge in [-0.3, -0.25) is 14.3 Å². The van der Waals surface area contributed by atoms with Gasteiger partial charge >= 0.3 is 0 Å². The lowest BCUT2D eigenvalue weighted by molar-refractivity contribution is -0.116. The molecule has 0 saturated carbocycles. The third-order valence-corrected chi connectivity index (χ3v) is 6.95. The molecule has 0 aliphatic heterocycles. The SMILES string of the molecule is COc1ccccc1NS(=O)(=O)c1cc(NC(=O)CCCNC(=O)c2ccsc2)ccc1C. The van der Waals surface area contributed by atoms with Gasteiger partial charge in [-0.2, -0.15) is 11.3 Å². The van der Waals surface area contributed by atoms with Gasteiger partial charge in [-0.1, -0.05) is 18.2 Å². The number of aryl methyl sites for hydroxylation is 1. The van der Waals surface area contributed by atoms with Crippen LogP contribution in [0.5, 0.6) is 5.75 Å². The number of rotatable bonds is 10. The molecule has 0 saturated heterocycles. The lowest BCUT2D eigenvalue weighted by atomic mass is 10.2. The third kappa shape index (κ3) is 6.56. The Labute approximate surface area is 197 Å². The predicted molar refractivity (Wildman–Crippen MR) is 129 cm³/mol. The Morgan fingerprint density at radius 2 is 1.88 bits per heavy atom. The molecule has 0 spiro atoms. The highest BCUT2D eigenvalue weighted by atomic mass is 32.2. The highest BCUT2D eigenvalue weighted by Crippen LogP contribution is 2.28. The van der Waals surface area contributed by atoms with Crippen LogP contribution in [0.25, 0.3) is 0 Å².